The minimum atomic E-state index is 0.342. The second-order valence-corrected chi connectivity index (χ2v) is 5.02. The van der Waals surface area contributed by atoms with E-state index in [-0.39, 0.29) is 0 Å². The largest absolute Gasteiger partial charge is 0.328 e. The van der Waals surface area contributed by atoms with Crippen molar-refractivity contribution in [2.45, 2.75) is 24.9 Å². The molecule has 2 N–H and O–H groups in total. The summed E-state index contributed by atoms with van der Waals surface area (Å²) < 4.78 is 2.20. The molecule has 1 fully saturated rings. The van der Waals surface area contributed by atoms with E-state index < -0.39 is 0 Å². The molecule has 3 rings (SSSR count). The minimum Gasteiger partial charge on any atom is -0.328 e. The van der Waals surface area contributed by atoms with Crippen LogP contribution in [0, 0.1) is 0 Å². The highest BCUT2D eigenvalue weighted by Crippen LogP contribution is 2.34. The van der Waals surface area contributed by atoms with Gasteiger partial charge in [-0.3, -0.25) is 0 Å². The molecule has 1 aromatic carbocycles. The van der Waals surface area contributed by atoms with Gasteiger partial charge in [0.1, 0.15) is 0 Å². The lowest BCUT2D eigenvalue weighted by Gasteiger charge is -2.34. The van der Waals surface area contributed by atoms with Crippen molar-refractivity contribution in [3.8, 4) is 11.3 Å². The summed E-state index contributed by atoms with van der Waals surface area (Å²) in [6, 6.07) is 8.69. The molecule has 0 atom stereocenters. The Morgan fingerprint density at radius 2 is 2.18 bits per heavy atom. The molecule has 0 amide bonds. The number of aromatic nitrogens is 2. The van der Waals surface area contributed by atoms with Crippen molar-refractivity contribution in [3.05, 3.63) is 41.8 Å². The summed E-state index contributed by atoms with van der Waals surface area (Å²) >= 11 is 6.02. The molecule has 0 radical (unpaired) electrons. The molecule has 0 saturated heterocycles. The van der Waals surface area contributed by atoms with Gasteiger partial charge in [0, 0.05) is 22.7 Å². The van der Waals surface area contributed by atoms with E-state index in [9.17, 15) is 0 Å². The summed E-state index contributed by atoms with van der Waals surface area (Å²) in [7, 11) is 0. The molecule has 0 bridgehead atoms. The van der Waals surface area contributed by atoms with E-state index >= 15 is 0 Å². The predicted molar refractivity (Wildman–Crippen MR) is 68.9 cm³/mol. The highest BCUT2D eigenvalue weighted by molar-refractivity contribution is 6.30. The van der Waals surface area contributed by atoms with Crippen LogP contribution >= 0.6 is 11.6 Å². The normalized spacial score (nSPS) is 23.4. The van der Waals surface area contributed by atoms with Gasteiger partial charge in [-0.05, 0) is 25.0 Å². The Kier molecular flexibility index (Phi) is 2.65. The topological polar surface area (TPSA) is 43.8 Å². The van der Waals surface area contributed by atoms with E-state index in [1.807, 2.05) is 30.7 Å². The van der Waals surface area contributed by atoms with Gasteiger partial charge in [0.25, 0.3) is 0 Å². The van der Waals surface area contributed by atoms with Crippen LogP contribution in [0.2, 0.25) is 5.02 Å². The first-order valence-electron chi connectivity index (χ1n) is 5.77. The fourth-order valence-corrected chi connectivity index (χ4v) is 2.51. The maximum atomic E-state index is 6.02. The SMILES string of the molecule is NC1CC(n2cncc2-c2cccc(Cl)c2)C1. The number of rotatable bonds is 2. The van der Waals surface area contributed by atoms with Gasteiger partial charge in [0.05, 0.1) is 18.2 Å². The molecule has 17 heavy (non-hydrogen) atoms. The van der Waals surface area contributed by atoms with E-state index in [0.717, 1.165) is 29.1 Å². The quantitative estimate of drug-likeness (QED) is 0.887. The summed E-state index contributed by atoms with van der Waals surface area (Å²) in [6.45, 7) is 0. The monoisotopic (exact) mass is 247 g/mol. The number of hydrogen-bond donors (Lipinski definition) is 1. The number of nitrogens with zero attached hydrogens (tertiary/aromatic N) is 2. The maximum Gasteiger partial charge on any atom is 0.0953 e. The fourth-order valence-electron chi connectivity index (χ4n) is 2.32. The molecule has 1 aliphatic rings. The smallest absolute Gasteiger partial charge is 0.0953 e. The van der Waals surface area contributed by atoms with Crippen LogP contribution in [0.1, 0.15) is 18.9 Å². The van der Waals surface area contributed by atoms with Gasteiger partial charge in [0.15, 0.2) is 0 Å². The average Bonchev–Trinajstić information content (AvgIpc) is 2.73. The van der Waals surface area contributed by atoms with Crippen molar-refractivity contribution in [1.29, 1.82) is 0 Å². The third-order valence-corrected chi connectivity index (χ3v) is 3.56. The Balaban J connectivity index is 1.96. The van der Waals surface area contributed by atoms with Crippen molar-refractivity contribution in [3.63, 3.8) is 0 Å². The molecule has 0 aliphatic heterocycles. The van der Waals surface area contributed by atoms with Crippen LogP contribution in [-0.2, 0) is 0 Å². The lowest BCUT2D eigenvalue weighted by atomic mass is 9.87. The highest BCUT2D eigenvalue weighted by Gasteiger charge is 2.28. The van der Waals surface area contributed by atoms with Crippen molar-refractivity contribution >= 4 is 11.6 Å². The Hall–Kier alpha value is -1.32. The third kappa shape index (κ3) is 1.96. The molecule has 1 aromatic heterocycles. The Bertz CT molecular complexity index is 529. The maximum absolute atomic E-state index is 6.02. The standard InChI is InChI=1S/C13H14ClN3/c14-10-3-1-2-9(4-10)13-7-16-8-17(13)12-5-11(15)6-12/h1-4,7-8,11-12H,5-6,15H2. The summed E-state index contributed by atoms with van der Waals surface area (Å²) in [4.78, 5) is 4.24. The molecule has 0 unspecified atom stereocenters. The van der Waals surface area contributed by atoms with E-state index in [1.165, 1.54) is 0 Å². The lowest BCUT2D eigenvalue weighted by Crippen LogP contribution is -2.37. The van der Waals surface area contributed by atoms with Gasteiger partial charge in [-0.15, -0.1) is 0 Å². The summed E-state index contributed by atoms with van der Waals surface area (Å²) in [5.74, 6) is 0. The molecular weight excluding hydrogens is 234 g/mol. The number of imidazole rings is 1. The average molecular weight is 248 g/mol. The van der Waals surface area contributed by atoms with E-state index in [0.29, 0.717) is 12.1 Å². The van der Waals surface area contributed by atoms with Crippen LogP contribution in [0.3, 0.4) is 0 Å². The first-order chi connectivity index (χ1) is 8.24. The Morgan fingerprint density at radius 1 is 1.35 bits per heavy atom. The molecule has 1 saturated carbocycles. The summed E-state index contributed by atoms with van der Waals surface area (Å²) in [5.41, 5.74) is 8.06. The zero-order chi connectivity index (χ0) is 11.8. The Labute approximate surface area is 105 Å². The van der Waals surface area contributed by atoms with Crippen LogP contribution in [0.4, 0.5) is 0 Å². The van der Waals surface area contributed by atoms with E-state index in [2.05, 4.69) is 15.6 Å². The second kappa shape index (κ2) is 4.17. The fraction of sp³-hybridized carbons (Fsp3) is 0.308. The first-order valence-corrected chi connectivity index (χ1v) is 6.15. The molecule has 0 spiro atoms. The Morgan fingerprint density at radius 3 is 2.88 bits per heavy atom. The van der Waals surface area contributed by atoms with Crippen molar-refractivity contribution in [1.82, 2.24) is 9.55 Å². The first kappa shape index (κ1) is 10.8. The number of nitrogens with two attached hydrogens (primary N) is 1. The molecule has 2 aromatic rings. The lowest BCUT2D eigenvalue weighted by molar-refractivity contribution is 0.268. The molecule has 1 heterocycles. The van der Waals surface area contributed by atoms with Gasteiger partial charge in [-0.25, -0.2) is 4.98 Å². The van der Waals surface area contributed by atoms with Crippen molar-refractivity contribution < 1.29 is 0 Å². The van der Waals surface area contributed by atoms with Crippen molar-refractivity contribution in [2.24, 2.45) is 5.73 Å². The molecule has 88 valence electrons. The van der Waals surface area contributed by atoms with E-state index in [1.54, 1.807) is 0 Å². The zero-order valence-corrected chi connectivity index (χ0v) is 10.1. The van der Waals surface area contributed by atoms with Gasteiger partial charge in [0.2, 0.25) is 0 Å². The van der Waals surface area contributed by atoms with Crippen LogP contribution in [0.5, 0.6) is 0 Å². The number of benzene rings is 1. The van der Waals surface area contributed by atoms with Gasteiger partial charge < -0.3 is 10.3 Å². The van der Waals surface area contributed by atoms with Crippen LogP contribution in [0.25, 0.3) is 11.3 Å². The second-order valence-electron chi connectivity index (χ2n) is 4.58. The molecule has 3 nitrogen and oxygen atoms in total. The van der Waals surface area contributed by atoms with Crippen LogP contribution < -0.4 is 5.73 Å². The third-order valence-electron chi connectivity index (χ3n) is 3.33. The van der Waals surface area contributed by atoms with Crippen molar-refractivity contribution in [2.75, 3.05) is 0 Å². The highest BCUT2D eigenvalue weighted by atomic mass is 35.5. The van der Waals surface area contributed by atoms with E-state index in [4.69, 9.17) is 17.3 Å². The minimum absolute atomic E-state index is 0.342. The van der Waals surface area contributed by atoms with Gasteiger partial charge >= 0.3 is 0 Å². The number of halogens is 1. The van der Waals surface area contributed by atoms with Crippen LogP contribution in [0.15, 0.2) is 36.8 Å². The van der Waals surface area contributed by atoms with Crippen LogP contribution in [-0.4, -0.2) is 15.6 Å². The molecule has 4 heteroatoms. The number of hydrogen-bond acceptors (Lipinski definition) is 2. The zero-order valence-electron chi connectivity index (χ0n) is 9.38. The molecule has 1 aliphatic carbocycles. The summed E-state index contributed by atoms with van der Waals surface area (Å²) in [5, 5.41) is 0.751. The summed E-state index contributed by atoms with van der Waals surface area (Å²) in [6.07, 6.45) is 5.83. The predicted octanol–water partition coefficient (Wildman–Crippen LogP) is 2.87. The van der Waals surface area contributed by atoms with Gasteiger partial charge in [-0.2, -0.15) is 0 Å². The molecular formula is C13H14ClN3. The van der Waals surface area contributed by atoms with Gasteiger partial charge in [-0.1, -0.05) is 23.7 Å².